The third-order valence-corrected chi connectivity index (χ3v) is 7.10. The van der Waals surface area contributed by atoms with Crippen molar-refractivity contribution in [3.05, 3.63) is 70.6 Å². The maximum Gasteiger partial charge on any atom is 0.408 e. The molecule has 0 aliphatic carbocycles. The lowest BCUT2D eigenvalue weighted by molar-refractivity contribution is -0.142. The Labute approximate surface area is 237 Å². The number of benzene rings is 2. The van der Waals surface area contributed by atoms with Gasteiger partial charge in [-0.1, -0.05) is 38.1 Å². The number of rotatable bonds is 7. The number of hydrogen-bond donors (Lipinski definition) is 2. The molecule has 13 heteroatoms. The molecule has 0 aliphatic heterocycles. The predicted octanol–water partition coefficient (Wildman–Crippen LogP) is 6.40. The average molecular weight is 576 g/mol. The van der Waals surface area contributed by atoms with Gasteiger partial charge in [-0.05, 0) is 29.2 Å². The molecule has 0 spiro atoms. The third-order valence-electron chi connectivity index (χ3n) is 6.21. The van der Waals surface area contributed by atoms with Gasteiger partial charge in [-0.25, -0.2) is 9.67 Å². The summed E-state index contributed by atoms with van der Waals surface area (Å²) in [6.07, 6.45) is -1.77. The summed E-state index contributed by atoms with van der Waals surface area (Å²) in [5, 5.41) is 34.8. The van der Waals surface area contributed by atoms with Crippen molar-refractivity contribution in [3.63, 3.8) is 0 Å². The number of nitriles is 2. The number of alkyl halides is 3. The molecule has 2 aromatic carbocycles. The van der Waals surface area contributed by atoms with E-state index in [0.717, 1.165) is 20.5 Å². The molecule has 0 aliphatic rings. The number of hydrogen-bond acceptors (Lipinski definition) is 9. The zero-order valence-electron chi connectivity index (χ0n) is 22.3. The van der Waals surface area contributed by atoms with Crippen LogP contribution >= 0.6 is 11.3 Å². The first kappa shape index (κ1) is 27.8. The second-order valence-electron chi connectivity index (χ2n) is 10.7. The summed E-state index contributed by atoms with van der Waals surface area (Å²) in [7, 11) is 0. The van der Waals surface area contributed by atoms with E-state index in [1.165, 1.54) is 23.7 Å². The maximum atomic E-state index is 13.1. The minimum absolute atomic E-state index is 0.100. The van der Waals surface area contributed by atoms with Gasteiger partial charge in [0, 0.05) is 23.8 Å². The fraction of sp³-hybridized carbons (Fsp3) is 0.286. The Kier molecular flexibility index (Phi) is 7.24. The Morgan fingerprint density at radius 1 is 1.07 bits per heavy atom. The molecule has 0 fully saturated rings. The van der Waals surface area contributed by atoms with E-state index in [0.29, 0.717) is 34.4 Å². The number of anilines is 2. The summed E-state index contributed by atoms with van der Waals surface area (Å²) in [6, 6.07) is 12.5. The zero-order valence-corrected chi connectivity index (χ0v) is 23.1. The van der Waals surface area contributed by atoms with Crippen LogP contribution in [0.5, 0.6) is 0 Å². The number of fused-ring (bicyclic) bond motifs is 2. The van der Waals surface area contributed by atoms with Crippen LogP contribution in [0.25, 0.3) is 21.1 Å². The lowest BCUT2D eigenvalue weighted by Gasteiger charge is -2.22. The second kappa shape index (κ2) is 10.7. The first-order chi connectivity index (χ1) is 19.5. The molecule has 0 saturated heterocycles. The highest BCUT2D eigenvalue weighted by Crippen LogP contribution is 2.36. The molecule has 0 amide bonds. The van der Waals surface area contributed by atoms with Gasteiger partial charge >= 0.3 is 6.18 Å². The van der Waals surface area contributed by atoms with Crippen molar-refractivity contribution < 1.29 is 13.2 Å². The number of pyridine rings is 1. The van der Waals surface area contributed by atoms with Crippen LogP contribution in [-0.2, 0) is 6.54 Å². The first-order valence-electron chi connectivity index (χ1n) is 12.5. The molecule has 3 heterocycles. The largest absolute Gasteiger partial charge is 0.408 e. The van der Waals surface area contributed by atoms with Crippen molar-refractivity contribution in [2.45, 2.75) is 39.5 Å². The molecule has 41 heavy (non-hydrogen) atoms. The van der Waals surface area contributed by atoms with Crippen molar-refractivity contribution in [3.8, 4) is 12.1 Å². The normalized spacial score (nSPS) is 12.7. The molecule has 3 aromatic heterocycles. The number of nitrogens with zero attached hydrogens (tertiary/aromatic N) is 7. The Balaban J connectivity index is 1.65. The quantitative estimate of drug-likeness (QED) is 0.228. The summed E-state index contributed by atoms with van der Waals surface area (Å²) in [4.78, 5) is 8.75. The van der Waals surface area contributed by atoms with E-state index in [1.807, 2.05) is 18.2 Å². The summed E-state index contributed by atoms with van der Waals surface area (Å²) < 4.78 is 40.8. The number of thiazole rings is 1. The Bertz CT molecular complexity index is 1820. The van der Waals surface area contributed by atoms with E-state index in [4.69, 9.17) is 0 Å². The van der Waals surface area contributed by atoms with Crippen molar-refractivity contribution in [1.29, 1.82) is 10.5 Å². The van der Waals surface area contributed by atoms with E-state index in [1.54, 1.807) is 17.6 Å². The van der Waals surface area contributed by atoms with Gasteiger partial charge in [0.25, 0.3) is 0 Å². The molecule has 5 rings (SSSR count). The second-order valence-corrected chi connectivity index (χ2v) is 11.5. The highest BCUT2D eigenvalue weighted by Gasteiger charge is 2.30. The smallest absolute Gasteiger partial charge is 0.383 e. The zero-order chi connectivity index (χ0) is 29.4. The number of nitrogens with one attached hydrogen (secondary N) is 2. The van der Waals surface area contributed by atoms with Crippen molar-refractivity contribution in [1.82, 2.24) is 25.0 Å². The van der Waals surface area contributed by atoms with Crippen LogP contribution in [0.3, 0.4) is 0 Å². The van der Waals surface area contributed by atoms with Gasteiger partial charge in [0.2, 0.25) is 0 Å². The monoisotopic (exact) mass is 575 g/mol. The molecule has 0 bridgehead atoms. The maximum absolute atomic E-state index is 13.1. The SMILES string of the molecule is CC(C)(C)CNc1c(C#N)cnc2c(C#N)cc(N[C@H](c3cn(CC(F)(F)F)nn3)c3cccc4ncsc34)cc12. The van der Waals surface area contributed by atoms with Crippen LogP contribution in [0, 0.1) is 28.1 Å². The topological polar surface area (TPSA) is 128 Å². The van der Waals surface area contributed by atoms with E-state index in [9.17, 15) is 23.7 Å². The minimum atomic E-state index is -4.46. The molecule has 1 atom stereocenters. The van der Waals surface area contributed by atoms with Gasteiger partial charge in [-0.3, -0.25) is 4.98 Å². The van der Waals surface area contributed by atoms with E-state index >= 15 is 0 Å². The van der Waals surface area contributed by atoms with Crippen LogP contribution in [0.4, 0.5) is 24.5 Å². The van der Waals surface area contributed by atoms with Gasteiger partial charge in [-0.15, -0.1) is 16.4 Å². The predicted molar refractivity (Wildman–Crippen MR) is 150 cm³/mol. The van der Waals surface area contributed by atoms with Crippen molar-refractivity contribution >= 4 is 43.8 Å². The van der Waals surface area contributed by atoms with Crippen LogP contribution in [0.1, 0.15) is 49.2 Å². The summed E-state index contributed by atoms with van der Waals surface area (Å²) >= 11 is 1.40. The Morgan fingerprint density at radius 3 is 2.56 bits per heavy atom. The van der Waals surface area contributed by atoms with Crippen LogP contribution in [0.15, 0.2) is 48.2 Å². The third kappa shape index (κ3) is 6.05. The molecular weight excluding hydrogens is 551 g/mol. The highest BCUT2D eigenvalue weighted by molar-refractivity contribution is 7.17. The fourth-order valence-electron chi connectivity index (χ4n) is 4.42. The van der Waals surface area contributed by atoms with E-state index < -0.39 is 18.8 Å². The molecule has 9 nitrogen and oxygen atoms in total. The molecule has 2 N–H and O–H groups in total. The molecule has 0 radical (unpaired) electrons. The standard InChI is InChI=1S/C28H24F3N9S/c1-27(2,3)13-35-24-17(10-33)11-34-23-16(9-32)7-18(8-20(23)24)37-25(19-5-4-6-21-26(19)41-15-36-21)22-12-40(39-38-22)14-28(29,30)31/h4-8,11-12,15,25,37H,13-14H2,1-3H3,(H,34,35)/t25-/m0/s1. The molecule has 0 unspecified atom stereocenters. The van der Waals surface area contributed by atoms with E-state index in [2.05, 4.69) is 63.8 Å². The Morgan fingerprint density at radius 2 is 1.85 bits per heavy atom. The highest BCUT2D eigenvalue weighted by atomic mass is 32.1. The van der Waals surface area contributed by atoms with Gasteiger partial charge < -0.3 is 10.6 Å². The minimum Gasteiger partial charge on any atom is -0.383 e. The Hall–Kier alpha value is -4.75. The molecular formula is C28H24F3N9S. The van der Waals surface area contributed by atoms with Crippen molar-refractivity contribution in [2.24, 2.45) is 5.41 Å². The summed E-state index contributed by atoms with van der Waals surface area (Å²) in [6.45, 7) is 5.44. The number of halogens is 3. The lowest BCUT2D eigenvalue weighted by atomic mass is 9.96. The lowest BCUT2D eigenvalue weighted by Crippen LogP contribution is -2.20. The van der Waals surface area contributed by atoms with Gasteiger partial charge in [0.05, 0.1) is 50.3 Å². The molecule has 5 aromatic rings. The van der Waals surface area contributed by atoms with E-state index in [-0.39, 0.29) is 16.7 Å². The molecule has 0 saturated carbocycles. The summed E-state index contributed by atoms with van der Waals surface area (Å²) in [5.74, 6) is 0. The van der Waals surface area contributed by atoms with Crippen LogP contribution in [-0.4, -0.2) is 37.7 Å². The van der Waals surface area contributed by atoms with Gasteiger partial charge in [0.15, 0.2) is 0 Å². The van der Waals surface area contributed by atoms with Gasteiger partial charge in [-0.2, -0.15) is 23.7 Å². The molecule has 208 valence electrons. The average Bonchev–Trinajstić information content (AvgIpc) is 3.58. The number of aromatic nitrogens is 5. The van der Waals surface area contributed by atoms with Crippen LogP contribution < -0.4 is 10.6 Å². The first-order valence-corrected chi connectivity index (χ1v) is 13.4. The van der Waals surface area contributed by atoms with Gasteiger partial charge in [0.1, 0.15) is 24.4 Å². The van der Waals surface area contributed by atoms with Crippen LogP contribution in [0.2, 0.25) is 0 Å². The summed E-state index contributed by atoms with van der Waals surface area (Å²) in [5.41, 5.74) is 5.36. The van der Waals surface area contributed by atoms with Crippen molar-refractivity contribution in [2.75, 3.05) is 17.2 Å². The fourth-order valence-corrected chi connectivity index (χ4v) is 5.26.